The topological polar surface area (TPSA) is 77.2 Å². The molecule has 0 aliphatic carbocycles. The zero-order chi connectivity index (χ0) is 13.8. The predicted octanol–water partition coefficient (Wildman–Crippen LogP) is 2.69. The van der Waals surface area contributed by atoms with E-state index in [1.807, 2.05) is 0 Å². The molecule has 0 saturated heterocycles. The molecule has 1 aromatic heterocycles. The number of aromatic nitrogens is 1. The first-order valence-electron chi connectivity index (χ1n) is 5.46. The molecule has 0 spiro atoms. The van der Waals surface area contributed by atoms with Crippen LogP contribution in [0.15, 0.2) is 41.0 Å². The van der Waals surface area contributed by atoms with Crippen molar-refractivity contribution in [3.05, 3.63) is 46.6 Å². The van der Waals surface area contributed by atoms with Crippen molar-refractivity contribution in [1.82, 2.24) is 4.98 Å². The first-order valence-corrected chi connectivity index (χ1v) is 6.26. The number of rotatable bonds is 3. The molecule has 2 aromatic rings. The SMILES string of the molecule is COc1ccc(N)cc1C(=O)Nc1ccc(Br)cn1. The van der Waals surface area contributed by atoms with Gasteiger partial charge in [0.15, 0.2) is 0 Å². The fourth-order valence-corrected chi connectivity index (χ4v) is 1.77. The zero-order valence-corrected chi connectivity index (χ0v) is 11.8. The summed E-state index contributed by atoms with van der Waals surface area (Å²) in [4.78, 5) is 16.2. The number of methoxy groups -OCH3 is 1. The van der Waals surface area contributed by atoms with Gasteiger partial charge in [-0.1, -0.05) is 0 Å². The molecule has 3 N–H and O–H groups in total. The van der Waals surface area contributed by atoms with Crippen molar-refractivity contribution in [2.45, 2.75) is 0 Å². The van der Waals surface area contributed by atoms with Gasteiger partial charge in [-0.3, -0.25) is 4.79 Å². The summed E-state index contributed by atoms with van der Waals surface area (Å²) in [5, 5.41) is 2.68. The Kier molecular flexibility index (Phi) is 4.01. The van der Waals surface area contributed by atoms with E-state index < -0.39 is 0 Å². The number of amides is 1. The minimum Gasteiger partial charge on any atom is -0.496 e. The number of halogens is 1. The standard InChI is InChI=1S/C13H12BrN3O2/c1-19-11-4-3-9(15)6-10(11)13(18)17-12-5-2-8(14)7-16-12/h2-7H,15H2,1H3,(H,16,17,18). The summed E-state index contributed by atoms with van der Waals surface area (Å²) < 4.78 is 5.97. The molecule has 5 nitrogen and oxygen atoms in total. The van der Waals surface area contributed by atoms with Crippen LogP contribution in [-0.4, -0.2) is 18.0 Å². The third-order valence-electron chi connectivity index (χ3n) is 2.44. The van der Waals surface area contributed by atoms with Gasteiger partial charge in [-0.05, 0) is 46.3 Å². The zero-order valence-electron chi connectivity index (χ0n) is 10.2. The molecule has 0 aliphatic rings. The van der Waals surface area contributed by atoms with E-state index in [4.69, 9.17) is 10.5 Å². The Hall–Kier alpha value is -2.08. The van der Waals surface area contributed by atoms with E-state index in [1.54, 1.807) is 36.5 Å². The normalized spacial score (nSPS) is 10.0. The number of carbonyl (C=O) groups excluding carboxylic acids is 1. The largest absolute Gasteiger partial charge is 0.496 e. The lowest BCUT2D eigenvalue weighted by atomic mass is 10.1. The van der Waals surface area contributed by atoms with Crippen LogP contribution in [0.25, 0.3) is 0 Å². The number of nitrogens with two attached hydrogens (primary N) is 1. The number of pyridine rings is 1. The smallest absolute Gasteiger partial charge is 0.260 e. The Morgan fingerprint density at radius 1 is 1.37 bits per heavy atom. The van der Waals surface area contributed by atoms with E-state index in [-0.39, 0.29) is 5.91 Å². The van der Waals surface area contributed by atoms with Crippen LogP contribution in [0.4, 0.5) is 11.5 Å². The molecule has 0 bridgehead atoms. The van der Waals surface area contributed by atoms with Gasteiger partial charge in [0.25, 0.3) is 5.91 Å². The molecule has 1 heterocycles. The molecule has 0 saturated carbocycles. The second-order valence-electron chi connectivity index (χ2n) is 3.78. The van der Waals surface area contributed by atoms with Gasteiger partial charge in [0.05, 0.1) is 12.7 Å². The maximum atomic E-state index is 12.1. The quantitative estimate of drug-likeness (QED) is 0.852. The molecule has 19 heavy (non-hydrogen) atoms. The number of nitrogen functional groups attached to an aromatic ring is 1. The monoisotopic (exact) mass is 321 g/mol. The highest BCUT2D eigenvalue weighted by Gasteiger charge is 2.13. The molecule has 98 valence electrons. The Bertz CT molecular complexity index is 599. The molecule has 0 fully saturated rings. The van der Waals surface area contributed by atoms with Crippen LogP contribution in [-0.2, 0) is 0 Å². The lowest BCUT2D eigenvalue weighted by molar-refractivity contribution is 0.102. The van der Waals surface area contributed by atoms with Gasteiger partial charge >= 0.3 is 0 Å². The second-order valence-corrected chi connectivity index (χ2v) is 4.69. The molecule has 2 rings (SSSR count). The van der Waals surface area contributed by atoms with Crippen molar-refractivity contribution < 1.29 is 9.53 Å². The number of anilines is 2. The van der Waals surface area contributed by atoms with Crippen molar-refractivity contribution in [2.75, 3.05) is 18.2 Å². The van der Waals surface area contributed by atoms with E-state index in [2.05, 4.69) is 26.2 Å². The maximum Gasteiger partial charge on any atom is 0.260 e. The van der Waals surface area contributed by atoms with E-state index in [0.717, 1.165) is 4.47 Å². The minimum atomic E-state index is -0.320. The number of ether oxygens (including phenoxy) is 1. The van der Waals surface area contributed by atoms with E-state index in [0.29, 0.717) is 22.8 Å². The van der Waals surface area contributed by atoms with Crippen LogP contribution in [0.1, 0.15) is 10.4 Å². The molecule has 1 amide bonds. The van der Waals surface area contributed by atoms with Gasteiger partial charge in [-0.2, -0.15) is 0 Å². The van der Waals surface area contributed by atoms with Gasteiger partial charge in [0.1, 0.15) is 11.6 Å². The average molecular weight is 322 g/mol. The summed E-state index contributed by atoms with van der Waals surface area (Å²) in [7, 11) is 1.50. The summed E-state index contributed by atoms with van der Waals surface area (Å²) in [6.07, 6.45) is 1.60. The van der Waals surface area contributed by atoms with Gasteiger partial charge in [-0.15, -0.1) is 0 Å². The second kappa shape index (κ2) is 5.71. The molecule has 1 aromatic carbocycles. The number of carbonyl (C=O) groups is 1. The van der Waals surface area contributed by atoms with Crippen molar-refractivity contribution in [3.63, 3.8) is 0 Å². The lowest BCUT2D eigenvalue weighted by Crippen LogP contribution is -2.14. The number of nitrogens with one attached hydrogen (secondary N) is 1. The van der Waals surface area contributed by atoms with E-state index in [1.165, 1.54) is 7.11 Å². The molecule has 0 atom stereocenters. The van der Waals surface area contributed by atoms with Gasteiger partial charge in [0, 0.05) is 16.4 Å². The highest BCUT2D eigenvalue weighted by molar-refractivity contribution is 9.10. The van der Waals surface area contributed by atoms with Crippen LogP contribution in [0.2, 0.25) is 0 Å². The first-order chi connectivity index (χ1) is 9.10. The van der Waals surface area contributed by atoms with E-state index in [9.17, 15) is 4.79 Å². The fraction of sp³-hybridized carbons (Fsp3) is 0.0769. The Labute approximate surface area is 118 Å². The van der Waals surface area contributed by atoms with Crippen LogP contribution in [0.5, 0.6) is 5.75 Å². The first kappa shape index (κ1) is 13.4. The van der Waals surface area contributed by atoms with Gasteiger partial charge in [0.2, 0.25) is 0 Å². The van der Waals surface area contributed by atoms with Gasteiger partial charge < -0.3 is 15.8 Å². The summed E-state index contributed by atoms with van der Waals surface area (Å²) in [5.41, 5.74) is 6.54. The molecule has 0 aliphatic heterocycles. The molecule has 0 unspecified atom stereocenters. The maximum absolute atomic E-state index is 12.1. The van der Waals surface area contributed by atoms with Crippen LogP contribution in [0, 0.1) is 0 Å². The Morgan fingerprint density at radius 2 is 2.16 bits per heavy atom. The van der Waals surface area contributed by atoms with Crippen molar-refractivity contribution in [2.24, 2.45) is 0 Å². The molecule has 6 heteroatoms. The summed E-state index contributed by atoms with van der Waals surface area (Å²) in [6.45, 7) is 0. The number of benzene rings is 1. The van der Waals surface area contributed by atoms with Crippen molar-refractivity contribution in [3.8, 4) is 5.75 Å². The Morgan fingerprint density at radius 3 is 2.79 bits per heavy atom. The van der Waals surface area contributed by atoms with Crippen molar-refractivity contribution in [1.29, 1.82) is 0 Å². The average Bonchev–Trinajstić information content (AvgIpc) is 2.41. The highest BCUT2D eigenvalue weighted by atomic mass is 79.9. The van der Waals surface area contributed by atoms with Gasteiger partial charge in [-0.25, -0.2) is 4.98 Å². The van der Waals surface area contributed by atoms with Crippen molar-refractivity contribution >= 4 is 33.3 Å². The predicted molar refractivity (Wildman–Crippen MR) is 77.3 cm³/mol. The number of hydrogen-bond acceptors (Lipinski definition) is 4. The fourth-order valence-electron chi connectivity index (χ4n) is 1.54. The molecular weight excluding hydrogens is 310 g/mol. The third-order valence-corrected chi connectivity index (χ3v) is 2.91. The lowest BCUT2D eigenvalue weighted by Gasteiger charge is -2.09. The summed E-state index contributed by atoms with van der Waals surface area (Å²) >= 11 is 3.28. The van der Waals surface area contributed by atoms with E-state index >= 15 is 0 Å². The Balaban J connectivity index is 2.24. The van der Waals surface area contributed by atoms with Crippen LogP contribution >= 0.6 is 15.9 Å². The summed E-state index contributed by atoms with van der Waals surface area (Å²) in [5.74, 6) is 0.598. The molecular formula is C13H12BrN3O2. The highest BCUT2D eigenvalue weighted by Crippen LogP contribution is 2.22. The third kappa shape index (κ3) is 3.23. The number of nitrogens with zero attached hydrogens (tertiary/aromatic N) is 1. The summed E-state index contributed by atoms with van der Waals surface area (Å²) in [6, 6.07) is 8.37. The minimum absolute atomic E-state index is 0.320. The molecule has 0 radical (unpaired) electrons. The number of hydrogen-bond donors (Lipinski definition) is 2. The van der Waals surface area contributed by atoms with Crippen LogP contribution < -0.4 is 15.8 Å². The van der Waals surface area contributed by atoms with Crippen LogP contribution in [0.3, 0.4) is 0 Å².